The summed E-state index contributed by atoms with van der Waals surface area (Å²) in [6.07, 6.45) is 1.18. The Morgan fingerprint density at radius 2 is 2.08 bits per heavy atom. The van der Waals surface area contributed by atoms with E-state index < -0.39 is 0 Å². The molecule has 0 saturated heterocycles. The lowest BCUT2D eigenvalue weighted by Crippen LogP contribution is -1.90. The zero-order chi connectivity index (χ0) is 9.68. The minimum atomic E-state index is 0.245. The van der Waals surface area contributed by atoms with Crippen LogP contribution in [0.5, 0.6) is 0 Å². The van der Waals surface area contributed by atoms with E-state index >= 15 is 0 Å². The standard InChI is InChI=1S/C9H5NO2S/c11-4-7-2-1-3-9(10-6-13)8(7)5-12/h1-5H. The van der Waals surface area contributed by atoms with E-state index in [4.69, 9.17) is 0 Å². The maximum atomic E-state index is 10.6. The Labute approximate surface area is 80.1 Å². The molecule has 0 N–H and O–H groups in total. The molecule has 0 bridgehead atoms. The van der Waals surface area contributed by atoms with Crippen LogP contribution in [-0.4, -0.2) is 17.7 Å². The molecule has 0 amide bonds. The second-order valence-electron chi connectivity index (χ2n) is 2.22. The summed E-state index contributed by atoms with van der Waals surface area (Å²) in [5.41, 5.74) is 0.922. The summed E-state index contributed by atoms with van der Waals surface area (Å²) < 4.78 is 0. The second kappa shape index (κ2) is 4.40. The van der Waals surface area contributed by atoms with Gasteiger partial charge in [-0.25, -0.2) is 0 Å². The maximum Gasteiger partial charge on any atom is 0.152 e. The molecule has 0 aliphatic carbocycles. The summed E-state index contributed by atoms with van der Waals surface area (Å²) in [4.78, 5) is 24.8. The Balaban J connectivity index is 3.42. The molecule has 0 atom stereocenters. The van der Waals surface area contributed by atoms with Gasteiger partial charge in [-0.15, -0.1) is 0 Å². The Bertz CT molecular complexity index is 395. The molecule has 0 fully saturated rings. The molecule has 0 unspecified atom stereocenters. The van der Waals surface area contributed by atoms with Gasteiger partial charge in [-0.05, 0) is 18.3 Å². The number of thiocarbonyl (C=S) groups is 1. The van der Waals surface area contributed by atoms with Gasteiger partial charge in [0, 0.05) is 5.56 Å². The lowest BCUT2D eigenvalue weighted by molar-refractivity contribution is 0.109. The number of carbonyl (C=O) groups is 2. The van der Waals surface area contributed by atoms with Crippen LogP contribution in [0.25, 0.3) is 0 Å². The number of aliphatic imine (C=N–C) groups is 1. The van der Waals surface area contributed by atoms with E-state index in [1.165, 1.54) is 0 Å². The van der Waals surface area contributed by atoms with Crippen molar-refractivity contribution >= 4 is 35.6 Å². The van der Waals surface area contributed by atoms with Crippen LogP contribution < -0.4 is 0 Å². The summed E-state index contributed by atoms with van der Waals surface area (Å²) in [5.74, 6) is 0. The van der Waals surface area contributed by atoms with E-state index in [0.717, 1.165) is 0 Å². The molecule has 0 aromatic heterocycles. The van der Waals surface area contributed by atoms with E-state index in [9.17, 15) is 9.59 Å². The summed E-state index contributed by atoms with van der Waals surface area (Å²) in [6.45, 7) is 0. The number of isothiocyanates is 1. The van der Waals surface area contributed by atoms with E-state index in [1.54, 1.807) is 18.2 Å². The largest absolute Gasteiger partial charge is 0.298 e. The molecule has 3 nitrogen and oxygen atoms in total. The first-order chi connectivity index (χ1) is 6.33. The second-order valence-corrected chi connectivity index (χ2v) is 2.40. The van der Waals surface area contributed by atoms with Crippen LogP contribution in [0.1, 0.15) is 20.7 Å². The van der Waals surface area contributed by atoms with Crippen molar-refractivity contribution in [1.29, 1.82) is 0 Å². The molecule has 1 aromatic rings. The smallest absolute Gasteiger partial charge is 0.152 e. The Hall–Kier alpha value is -1.64. The highest BCUT2D eigenvalue weighted by Gasteiger charge is 2.04. The molecule has 13 heavy (non-hydrogen) atoms. The fraction of sp³-hybridized carbons (Fsp3) is 0. The molecule has 1 rings (SSSR count). The van der Waals surface area contributed by atoms with Gasteiger partial charge in [0.25, 0.3) is 0 Å². The third kappa shape index (κ3) is 1.93. The SMILES string of the molecule is O=Cc1cccc(N=C=S)c1C=O. The predicted octanol–water partition coefficient (Wildman–Crippen LogP) is 2.05. The Morgan fingerprint density at radius 3 is 2.62 bits per heavy atom. The highest BCUT2D eigenvalue weighted by Crippen LogP contribution is 2.19. The number of nitrogens with zero attached hydrogens (tertiary/aromatic N) is 1. The molecule has 64 valence electrons. The number of benzene rings is 1. The molecule has 0 aliphatic heterocycles. The molecule has 0 saturated carbocycles. The van der Waals surface area contributed by atoms with Gasteiger partial charge in [-0.1, -0.05) is 12.1 Å². The molecule has 1 aromatic carbocycles. The van der Waals surface area contributed by atoms with Crippen molar-refractivity contribution in [2.24, 2.45) is 4.99 Å². The van der Waals surface area contributed by atoms with E-state index in [-0.39, 0.29) is 5.56 Å². The third-order valence-electron chi connectivity index (χ3n) is 1.53. The number of hydrogen-bond donors (Lipinski definition) is 0. The van der Waals surface area contributed by atoms with Crippen molar-refractivity contribution in [2.45, 2.75) is 0 Å². The maximum absolute atomic E-state index is 10.6. The van der Waals surface area contributed by atoms with Crippen LogP contribution in [0.15, 0.2) is 23.2 Å². The zero-order valence-electron chi connectivity index (χ0n) is 6.56. The van der Waals surface area contributed by atoms with Crippen molar-refractivity contribution in [1.82, 2.24) is 0 Å². The highest BCUT2D eigenvalue weighted by atomic mass is 32.1. The summed E-state index contributed by atoms with van der Waals surface area (Å²) in [6, 6.07) is 4.76. The van der Waals surface area contributed by atoms with E-state index in [2.05, 4.69) is 22.4 Å². The normalized spacial score (nSPS) is 8.62. The molecule has 0 radical (unpaired) electrons. The summed E-state index contributed by atoms with van der Waals surface area (Å²) in [5, 5.41) is 2.14. The van der Waals surface area contributed by atoms with Crippen molar-refractivity contribution in [3.63, 3.8) is 0 Å². The van der Waals surface area contributed by atoms with Crippen molar-refractivity contribution in [3.8, 4) is 0 Å². The first-order valence-corrected chi connectivity index (χ1v) is 3.85. The van der Waals surface area contributed by atoms with E-state index in [0.29, 0.717) is 23.8 Å². The van der Waals surface area contributed by atoms with Crippen LogP contribution >= 0.6 is 12.2 Å². The van der Waals surface area contributed by atoms with Crippen molar-refractivity contribution < 1.29 is 9.59 Å². The van der Waals surface area contributed by atoms with Crippen LogP contribution in [-0.2, 0) is 0 Å². The predicted molar refractivity (Wildman–Crippen MR) is 51.9 cm³/mol. The fourth-order valence-electron chi connectivity index (χ4n) is 0.948. The van der Waals surface area contributed by atoms with Crippen LogP contribution in [0, 0.1) is 0 Å². The number of aldehydes is 2. The number of rotatable bonds is 3. The van der Waals surface area contributed by atoms with Crippen molar-refractivity contribution in [3.05, 3.63) is 29.3 Å². The average Bonchev–Trinajstić information content (AvgIpc) is 2.18. The van der Waals surface area contributed by atoms with Gasteiger partial charge in [-0.3, -0.25) is 9.59 Å². The molecular weight excluding hydrogens is 186 g/mol. The molecule has 0 spiro atoms. The number of carbonyl (C=O) groups excluding carboxylic acids is 2. The average molecular weight is 191 g/mol. The van der Waals surface area contributed by atoms with Gasteiger partial charge in [0.2, 0.25) is 0 Å². The van der Waals surface area contributed by atoms with Gasteiger partial charge in [0.05, 0.1) is 16.4 Å². The lowest BCUT2D eigenvalue weighted by Gasteiger charge is -1.98. The van der Waals surface area contributed by atoms with E-state index in [1.807, 2.05) is 0 Å². The van der Waals surface area contributed by atoms with Gasteiger partial charge < -0.3 is 0 Å². The first-order valence-electron chi connectivity index (χ1n) is 3.44. The molecular formula is C9H5NO2S. The Kier molecular flexibility index (Phi) is 3.20. The van der Waals surface area contributed by atoms with Gasteiger partial charge in [0.15, 0.2) is 12.6 Å². The van der Waals surface area contributed by atoms with Crippen LogP contribution in [0.2, 0.25) is 0 Å². The lowest BCUT2D eigenvalue weighted by atomic mass is 10.1. The Morgan fingerprint density at radius 1 is 1.31 bits per heavy atom. The third-order valence-corrected chi connectivity index (χ3v) is 1.62. The molecule has 0 aliphatic rings. The zero-order valence-corrected chi connectivity index (χ0v) is 7.38. The van der Waals surface area contributed by atoms with Crippen LogP contribution in [0.4, 0.5) is 5.69 Å². The topological polar surface area (TPSA) is 46.5 Å². The molecule has 4 heteroatoms. The quantitative estimate of drug-likeness (QED) is 0.417. The first kappa shape index (κ1) is 9.45. The molecule has 0 heterocycles. The minimum absolute atomic E-state index is 0.245. The highest BCUT2D eigenvalue weighted by molar-refractivity contribution is 7.78. The summed E-state index contributed by atoms with van der Waals surface area (Å²) in [7, 11) is 0. The minimum Gasteiger partial charge on any atom is -0.298 e. The summed E-state index contributed by atoms with van der Waals surface area (Å²) >= 11 is 4.40. The van der Waals surface area contributed by atoms with Crippen LogP contribution in [0.3, 0.4) is 0 Å². The van der Waals surface area contributed by atoms with Gasteiger partial charge in [0.1, 0.15) is 0 Å². The number of hydrogen-bond acceptors (Lipinski definition) is 4. The van der Waals surface area contributed by atoms with Gasteiger partial charge in [-0.2, -0.15) is 4.99 Å². The monoisotopic (exact) mass is 191 g/mol. The van der Waals surface area contributed by atoms with Crippen molar-refractivity contribution in [2.75, 3.05) is 0 Å². The fourth-order valence-corrected chi connectivity index (χ4v) is 1.05. The van der Waals surface area contributed by atoms with Gasteiger partial charge >= 0.3 is 0 Å².